The van der Waals surface area contributed by atoms with Crippen LogP contribution in [0.5, 0.6) is 0 Å². The quantitative estimate of drug-likeness (QED) is 0.846. The number of amides is 1. The van der Waals surface area contributed by atoms with Crippen LogP contribution in [-0.2, 0) is 11.2 Å². The normalized spacial score (nSPS) is 12.4. The average molecular weight is 316 g/mol. The Bertz CT molecular complexity index is 623. The van der Waals surface area contributed by atoms with Gasteiger partial charge >= 0.3 is 0 Å². The van der Waals surface area contributed by atoms with E-state index in [-0.39, 0.29) is 11.9 Å². The van der Waals surface area contributed by atoms with Gasteiger partial charge in [-0.2, -0.15) is 0 Å². The van der Waals surface area contributed by atoms with Crippen LogP contribution in [-0.4, -0.2) is 49.4 Å². The molecule has 0 aliphatic heterocycles. The molecule has 0 aliphatic carbocycles. The molecule has 0 aliphatic rings. The lowest BCUT2D eigenvalue weighted by atomic mass is 10.2. The van der Waals surface area contributed by atoms with Crippen LogP contribution in [0, 0.1) is 0 Å². The summed E-state index contributed by atoms with van der Waals surface area (Å²) in [6, 6.07) is 9.86. The van der Waals surface area contributed by atoms with E-state index in [4.69, 9.17) is 0 Å². The predicted octanol–water partition coefficient (Wildman–Crippen LogP) is 1.82. The molecule has 1 aromatic heterocycles. The third-order valence-electron chi connectivity index (χ3n) is 3.62. The maximum Gasteiger partial charge on any atom is 0.223 e. The molecule has 0 bridgehead atoms. The number of rotatable bonds is 7. The number of carbonyl (C=O) groups is 1. The van der Waals surface area contributed by atoms with Gasteiger partial charge in [-0.05, 0) is 32.9 Å². The molecule has 1 N–H and O–H groups in total. The molecule has 1 unspecified atom stereocenters. The predicted molar refractivity (Wildman–Crippen MR) is 88.2 cm³/mol. The summed E-state index contributed by atoms with van der Waals surface area (Å²) in [5.41, 5.74) is 0.977. The summed E-state index contributed by atoms with van der Waals surface area (Å²) in [7, 11) is 0. The van der Waals surface area contributed by atoms with Gasteiger partial charge in [-0.25, -0.2) is 0 Å². The van der Waals surface area contributed by atoms with E-state index in [9.17, 15) is 9.90 Å². The molecule has 0 spiro atoms. The molecule has 0 radical (unpaired) electrons. The van der Waals surface area contributed by atoms with Crippen molar-refractivity contribution in [2.75, 3.05) is 6.54 Å². The number of hydrogen-bond donors (Lipinski definition) is 1. The second-order valence-corrected chi connectivity index (χ2v) is 5.94. The molecule has 2 rings (SSSR count). The van der Waals surface area contributed by atoms with Crippen molar-refractivity contribution in [3.63, 3.8) is 0 Å². The number of aromatic nitrogens is 3. The summed E-state index contributed by atoms with van der Waals surface area (Å²) in [5, 5.41) is 17.6. The number of carbonyl (C=O) groups excluding carboxylic acids is 1. The van der Waals surface area contributed by atoms with E-state index in [0.29, 0.717) is 19.4 Å². The average Bonchev–Trinajstić information content (AvgIpc) is 2.99. The molecule has 23 heavy (non-hydrogen) atoms. The SMILES string of the molecule is CC(O)CN(C(=O)CCc1nncn1-c1ccccc1)C(C)C. The van der Waals surface area contributed by atoms with E-state index in [2.05, 4.69) is 10.2 Å². The summed E-state index contributed by atoms with van der Waals surface area (Å²) in [5.74, 6) is 0.772. The van der Waals surface area contributed by atoms with Gasteiger partial charge in [-0.1, -0.05) is 18.2 Å². The van der Waals surface area contributed by atoms with Gasteiger partial charge in [0, 0.05) is 31.1 Å². The Hall–Kier alpha value is -2.21. The number of aryl methyl sites for hydroxylation is 1. The van der Waals surface area contributed by atoms with Crippen LogP contribution in [0.2, 0.25) is 0 Å². The molecule has 0 saturated carbocycles. The first-order valence-electron chi connectivity index (χ1n) is 7.91. The lowest BCUT2D eigenvalue weighted by Gasteiger charge is -2.28. The van der Waals surface area contributed by atoms with Crippen LogP contribution in [0.1, 0.15) is 33.0 Å². The maximum atomic E-state index is 12.4. The second-order valence-electron chi connectivity index (χ2n) is 5.94. The van der Waals surface area contributed by atoms with Crippen LogP contribution < -0.4 is 0 Å². The van der Waals surface area contributed by atoms with Crippen LogP contribution in [0.25, 0.3) is 5.69 Å². The van der Waals surface area contributed by atoms with Crippen molar-refractivity contribution in [3.05, 3.63) is 42.5 Å². The minimum atomic E-state index is -0.533. The van der Waals surface area contributed by atoms with Gasteiger partial charge in [-0.3, -0.25) is 9.36 Å². The molecule has 1 heterocycles. The van der Waals surface area contributed by atoms with Gasteiger partial charge in [0.25, 0.3) is 0 Å². The van der Waals surface area contributed by atoms with Crippen LogP contribution in [0.3, 0.4) is 0 Å². The summed E-state index contributed by atoms with van der Waals surface area (Å²) >= 11 is 0. The molecular weight excluding hydrogens is 292 g/mol. The fourth-order valence-electron chi connectivity index (χ4n) is 2.48. The fraction of sp³-hybridized carbons (Fsp3) is 0.471. The van der Waals surface area contributed by atoms with Gasteiger partial charge in [0.1, 0.15) is 12.2 Å². The standard InChI is InChI=1S/C17H24N4O2/c1-13(2)20(11-14(3)22)17(23)10-9-16-19-18-12-21(16)15-7-5-4-6-8-15/h4-8,12-14,22H,9-11H2,1-3H3. The Kier molecular flexibility index (Phi) is 5.87. The highest BCUT2D eigenvalue weighted by molar-refractivity contribution is 5.76. The monoisotopic (exact) mass is 316 g/mol. The summed E-state index contributed by atoms with van der Waals surface area (Å²) in [6.07, 6.45) is 1.98. The van der Waals surface area contributed by atoms with Gasteiger partial charge in [0.05, 0.1) is 6.10 Å². The zero-order chi connectivity index (χ0) is 16.8. The summed E-state index contributed by atoms with van der Waals surface area (Å²) < 4.78 is 1.89. The summed E-state index contributed by atoms with van der Waals surface area (Å²) in [4.78, 5) is 14.1. The zero-order valence-electron chi connectivity index (χ0n) is 13.9. The van der Waals surface area contributed by atoms with E-state index < -0.39 is 6.10 Å². The highest BCUT2D eigenvalue weighted by Crippen LogP contribution is 2.12. The first kappa shape index (κ1) is 17.1. The van der Waals surface area contributed by atoms with Crippen LogP contribution in [0.15, 0.2) is 36.7 Å². The van der Waals surface area contributed by atoms with Gasteiger partial charge in [-0.15, -0.1) is 10.2 Å². The van der Waals surface area contributed by atoms with Crippen molar-refractivity contribution in [1.82, 2.24) is 19.7 Å². The lowest BCUT2D eigenvalue weighted by molar-refractivity contribution is -0.134. The van der Waals surface area contributed by atoms with Crippen molar-refractivity contribution in [1.29, 1.82) is 0 Å². The number of benzene rings is 1. The smallest absolute Gasteiger partial charge is 0.223 e. The van der Waals surface area contributed by atoms with E-state index in [1.54, 1.807) is 18.2 Å². The molecule has 1 atom stereocenters. The van der Waals surface area contributed by atoms with Crippen LogP contribution in [0.4, 0.5) is 0 Å². The Morgan fingerprint density at radius 1 is 1.26 bits per heavy atom. The number of nitrogens with zero attached hydrogens (tertiary/aromatic N) is 4. The lowest BCUT2D eigenvalue weighted by Crippen LogP contribution is -2.41. The summed E-state index contributed by atoms with van der Waals surface area (Å²) in [6.45, 7) is 5.94. The second kappa shape index (κ2) is 7.87. The molecule has 0 saturated heterocycles. The molecule has 6 heteroatoms. The highest BCUT2D eigenvalue weighted by atomic mass is 16.3. The number of aliphatic hydroxyl groups excluding tert-OH is 1. The molecule has 6 nitrogen and oxygen atoms in total. The maximum absolute atomic E-state index is 12.4. The Morgan fingerprint density at radius 2 is 1.96 bits per heavy atom. The fourth-order valence-corrected chi connectivity index (χ4v) is 2.48. The third-order valence-corrected chi connectivity index (χ3v) is 3.62. The number of aliphatic hydroxyl groups is 1. The Morgan fingerprint density at radius 3 is 2.57 bits per heavy atom. The van der Waals surface area contributed by atoms with Gasteiger partial charge in [0.2, 0.25) is 5.91 Å². The molecule has 2 aromatic rings. The largest absolute Gasteiger partial charge is 0.392 e. The molecule has 1 aromatic carbocycles. The van der Waals surface area contributed by atoms with Crippen molar-refractivity contribution in [2.24, 2.45) is 0 Å². The first-order chi connectivity index (χ1) is 11.0. The van der Waals surface area contributed by atoms with Crippen molar-refractivity contribution >= 4 is 5.91 Å². The van der Waals surface area contributed by atoms with E-state index in [1.807, 2.05) is 48.7 Å². The minimum absolute atomic E-state index is 0.0171. The minimum Gasteiger partial charge on any atom is -0.392 e. The van der Waals surface area contributed by atoms with Crippen molar-refractivity contribution in [2.45, 2.75) is 45.8 Å². The number of para-hydroxylation sites is 1. The highest BCUT2D eigenvalue weighted by Gasteiger charge is 2.19. The van der Waals surface area contributed by atoms with Crippen molar-refractivity contribution in [3.8, 4) is 5.69 Å². The van der Waals surface area contributed by atoms with E-state index in [1.165, 1.54) is 0 Å². The Labute approximate surface area is 136 Å². The van der Waals surface area contributed by atoms with E-state index in [0.717, 1.165) is 11.5 Å². The zero-order valence-corrected chi connectivity index (χ0v) is 13.9. The third kappa shape index (κ3) is 4.63. The molecule has 124 valence electrons. The van der Waals surface area contributed by atoms with Gasteiger partial charge in [0.15, 0.2) is 0 Å². The Balaban J connectivity index is 2.04. The topological polar surface area (TPSA) is 71.2 Å². The van der Waals surface area contributed by atoms with Crippen molar-refractivity contribution < 1.29 is 9.90 Å². The number of hydrogen-bond acceptors (Lipinski definition) is 4. The van der Waals surface area contributed by atoms with Gasteiger partial charge < -0.3 is 10.0 Å². The van der Waals surface area contributed by atoms with E-state index >= 15 is 0 Å². The first-order valence-corrected chi connectivity index (χ1v) is 7.91. The molecular formula is C17H24N4O2. The molecule has 0 fully saturated rings. The molecule has 1 amide bonds. The van der Waals surface area contributed by atoms with Crippen LogP contribution >= 0.6 is 0 Å².